The van der Waals surface area contributed by atoms with E-state index in [9.17, 15) is 18.0 Å². The molecule has 1 amide bonds. The third kappa shape index (κ3) is 6.67. The normalized spacial score (nSPS) is 11.1. The molecule has 134 valence electrons. The monoisotopic (exact) mass is 357 g/mol. The fraction of sp³-hybridized carbons (Fsp3) is 0.500. The highest BCUT2D eigenvalue weighted by molar-refractivity contribution is 7.91. The number of carbonyl (C=O) groups excluding carboxylic acids is 2. The predicted octanol–water partition coefficient (Wildman–Crippen LogP) is 0.965. The molecule has 0 bridgehead atoms. The quantitative estimate of drug-likeness (QED) is 0.495. The van der Waals surface area contributed by atoms with Gasteiger partial charge in [-0.05, 0) is 31.5 Å². The molecule has 7 nitrogen and oxygen atoms in total. The zero-order valence-corrected chi connectivity index (χ0v) is 14.9. The highest BCUT2D eigenvalue weighted by Crippen LogP contribution is 2.22. The first kappa shape index (κ1) is 20.1. The fourth-order valence-electron chi connectivity index (χ4n) is 2.09. The number of methoxy groups -OCH3 is 2. The van der Waals surface area contributed by atoms with Gasteiger partial charge in [-0.25, -0.2) is 8.42 Å². The molecular weight excluding hydrogens is 334 g/mol. The van der Waals surface area contributed by atoms with E-state index in [1.807, 2.05) is 0 Å². The highest BCUT2D eigenvalue weighted by atomic mass is 32.2. The number of ether oxygens (including phenoxy) is 2. The minimum Gasteiger partial charge on any atom is -0.496 e. The van der Waals surface area contributed by atoms with Gasteiger partial charge in [0.2, 0.25) is 5.91 Å². The van der Waals surface area contributed by atoms with Crippen LogP contribution in [0, 0.1) is 0 Å². The maximum absolute atomic E-state index is 12.2. The Morgan fingerprint density at radius 2 is 1.92 bits per heavy atom. The van der Waals surface area contributed by atoms with Gasteiger partial charge in [-0.15, -0.1) is 0 Å². The Hall–Kier alpha value is -1.93. The largest absolute Gasteiger partial charge is 0.496 e. The highest BCUT2D eigenvalue weighted by Gasteiger charge is 2.20. The van der Waals surface area contributed by atoms with Crippen molar-refractivity contribution in [1.29, 1.82) is 0 Å². The molecule has 1 N–H and O–H groups in total. The van der Waals surface area contributed by atoms with Crippen LogP contribution in [0.25, 0.3) is 0 Å². The van der Waals surface area contributed by atoms with E-state index in [0.29, 0.717) is 36.4 Å². The van der Waals surface area contributed by atoms with Crippen LogP contribution in [-0.4, -0.2) is 53.2 Å². The van der Waals surface area contributed by atoms with Crippen molar-refractivity contribution in [3.05, 3.63) is 29.3 Å². The van der Waals surface area contributed by atoms with Gasteiger partial charge in [-0.2, -0.15) is 0 Å². The first-order valence-corrected chi connectivity index (χ1v) is 9.25. The van der Waals surface area contributed by atoms with Crippen molar-refractivity contribution in [3.63, 3.8) is 0 Å². The molecular formula is C16H23NO6S. The van der Waals surface area contributed by atoms with Gasteiger partial charge in [0, 0.05) is 31.4 Å². The zero-order chi connectivity index (χ0) is 18.2. The van der Waals surface area contributed by atoms with Crippen molar-refractivity contribution in [3.8, 4) is 5.75 Å². The molecule has 0 aliphatic rings. The maximum Gasteiger partial charge on any atom is 0.235 e. The van der Waals surface area contributed by atoms with Gasteiger partial charge in [0.15, 0.2) is 15.6 Å². The molecule has 24 heavy (non-hydrogen) atoms. The summed E-state index contributed by atoms with van der Waals surface area (Å²) in [5.74, 6) is -1.36. The van der Waals surface area contributed by atoms with Crippen LogP contribution in [-0.2, 0) is 25.1 Å². The molecule has 0 fully saturated rings. The number of benzene rings is 1. The summed E-state index contributed by atoms with van der Waals surface area (Å²) >= 11 is 0. The molecule has 1 rings (SSSR count). The predicted molar refractivity (Wildman–Crippen MR) is 90.0 cm³/mol. The Labute approximate surface area is 142 Å². The Balaban J connectivity index is 2.77. The molecule has 0 saturated heterocycles. The Morgan fingerprint density at radius 1 is 1.21 bits per heavy atom. The van der Waals surface area contributed by atoms with Crippen molar-refractivity contribution in [1.82, 2.24) is 5.32 Å². The van der Waals surface area contributed by atoms with Crippen LogP contribution in [0.5, 0.6) is 5.75 Å². The number of sulfone groups is 1. The van der Waals surface area contributed by atoms with Gasteiger partial charge in [-0.3, -0.25) is 9.59 Å². The van der Waals surface area contributed by atoms with Crippen LogP contribution >= 0.6 is 0 Å². The van der Waals surface area contributed by atoms with E-state index in [-0.39, 0.29) is 11.5 Å². The van der Waals surface area contributed by atoms with Gasteiger partial charge in [0.1, 0.15) is 11.5 Å². The molecule has 8 heteroatoms. The number of carbonyl (C=O) groups is 2. The summed E-state index contributed by atoms with van der Waals surface area (Å²) in [6, 6.07) is 4.60. The van der Waals surface area contributed by atoms with Crippen molar-refractivity contribution < 1.29 is 27.5 Å². The van der Waals surface area contributed by atoms with Crippen LogP contribution in [0.2, 0.25) is 0 Å². The number of nitrogens with one attached hydrogen (secondary N) is 1. The fourth-order valence-corrected chi connectivity index (χ4v) is 3.40. The van der Waals surface area contributed by atoms with Gasteiger partial charge in [-0.1, -0.05) is 0 Å². The molecule has 0 atom stereocenters. The summed E-state index contributed by atoms with van der Waals surface area (Å²) in [5.41, 5.74) is 0.752. The summed E-state index contributed by atoms with van der Waals surface area (Å²) in [6.45, 7) is 2.24. The van der Waals surface area contributed by atoms with E-state index in [2.05, 4.69) is 5.32 Å². The first-order chi connectivity index (χ1) is 11.3. The molecule has 1 aromatic rings. The van der Waals surface area contributed by atoms with Crippen molar-refractivity contribution in [2.45, 2.75) is 19.1 Å². The van der Waals surface area contributed by atoms with Crippen LogP contribution in [0.4, 0.5) is 0 Å². The van der Waals surface area contributed by atoms with Crippen molar-refractivity contribution in [2.24, 2.45) is 0 Å². The number of hydrogen-bond acceptors (Lipinski definition) is 6. The second kappa shape index (κ2) is 9.39. The number of Topliss-reactive ketones (excluding diaryl/α,β-unsaturated/α-hetero) is 1. The Kier molecular flexibility index (Phi) is 7.87. The Morgan fingerprint density at radius 3 is 2.50 bits per heavy atom. The van der Waals surface area contributed by atoms with Gasteiger partial charge in [0.25, 0.3) is 0 Å². The summed E-state index contributed by atoms with van der Waals surface area (Å²) in [5, 5.41) is 2.53. The minimum absolute atomic E-state index is 0.174. The summed E-state index contributed by atoms with van der Waals surface area (Å²) in [7, 11) is -0.718. The second-order valence-electron chi connectivity index (χ2n) is 5.31. The smallest absolute Gasteiger partial charge is 0.235 e. The summed E-state index contributed by atoms with van der Waals surface area (Å²) in [6.07, 6.45) is 0.608. The van der Waals surface area contributed by atoms with E-state index in [1.54, 1.807) is 19.2 Å². The second-order valence-corrected chi connectivity index (χ2v) is 7.38. The lowest BCUT2D eigenvalue weighted by Crippen LogP contribution is -2.32. The number of ketones is 1. The van der Waals surface area contributed by atoms with Gasteiger partial charge in [0.05, 0.1) is 12.9 Å². The van der Waals surface area contributed by atoms with Crippen molar-refractivity contribution in [2.75, 3.05) is 33.1 Å². The third-order valence-corrected chi connectivity index (χ3v) is 4.71. The molecule has 0 radical (unpaired) electrons. The van der Waals surface area contributed by atoms with E-state index < -0.39 is 21.5 Å². The topological polar surface area (TPSA) is 98.8 Å². The SMILES string of the molecule is COCCCNC(=O)CS(=O)(=O)Cc1cc(C(C)=O)ccc1OC. The standard InChI is InChI=1S/C16H23NO6S/c1-12(18)13-5-6-15(23-3)14(9-13)10-24(20,21)11-16(19)17-7-4-8-22-2/h5-6,9H,4,7-8,10-11H2,1-3H3,(H,17,19). The molecule has 0 aliphatic carbocycles. The minimum atomic E-state index is -3.69. The molecule has 0 unspecified atom stereocenters. The van der Waals surface area contributed by atoms with Crippen molar-refractivity contribution >= 4 is 21.5 Å². The van der Waals surface area contributed by atoms with Crippen LogP contribution < -0.4 is 10.1 Å². The van der Waals surface area contributed by atoms with Gasteiger partial charge < -0.3 is 14.8 Å². The Bertz CT molecular complexity index is 684. The van der Waals surface area contributed by atoms with E-state index in [0.717, 1.165) is 0 Å². The number of rotatable bonds is 10. The molecule has 0 aliphatic heterocycles. The lowest BCUT2D eigenvalue weighted by atomic mass is 10.1. The average molecular weight is 357 g/mol. The third-order valence-electron chi connectivity index (χ3n) is 3.26. The lowest BCUT2D eigenvalue weighted by Gasteiger charge is -2.11. The number of amides is 1. The number of hydrogen-bond donors (Lipinski definition) is 1. The summed E-state index contributed by atoms with van der Waals surface area (Å²) < 4.78 is 34.4. The zero-order valence-electron chi connectivity index (χ0n) is 14.1. The van der Waals surface area contributed by atoms with E-state index >= 15 is 0 Å². The van der Waals surface area contributed by atoms with E-state index in [4.69, 9.17) is 9.47 Å². The van der Waals surface area contributed by atoms with Gasteiger partial charge >= 0.3 is 0 Å². The maximum atomic E-state index is 12.2. The van der Waals surface area contributed by atoms with Crippen LogP contribution in [0.1, 0.15) is 29.3 Å². The summed E-state index contributed by atoms with van der Waals surface area (Å²) in [4.78, 5) is 23.2. The van der Waals surface area contributed by atoms with Crippen LogP contribution in [0.15, 0.2) is 18.2 Å². The first-order valence-electron chi connectivity index (χ1n) is 7.43. The lowest BCUT2D eigenvalue weighted by molar-refractivity contribution is -0.118. The molecule has 0 spiro atoms. The van der Waals surface area contributed by atoms with E-state index in [1.165, 1.54) is 20.1 Å². The molecule has 0 saturated carbocycles. The molecule has 0 aromatic heterocycles. The molecule has 1 aromatic carbocycles. The van der Waals surface area contributed by atoms with Crippen LogP contribution in [0.3, 0.4) is 0 Å². The molecule has 0 heterocycles. The average Bonchev–Trinajstić information content (AvgIpc) is 2.50.